The fourth-order valence-electron chi connectivity index (χ4n) is 1.99. The first kappa shape index (κ1) is 12.3. The highest BCUT2D eigenvalue weighted by Gasteiger charge is 2.14. The van der Waals surface area contributed by atoms with Crippen molar-refractivity contribution < 1.29 is 0 Å². The summed E-state index contributed by atoms with van der Waals surface area (Å²) >= 11 is 2.15. The number of nitrogens with two attached hydrogens (primary N) is 1. The molecule has 0 aliphatic rings. The second kappa shape index (κ2) is 4.76. The third-order valence-electron chi connectivity index (χ3n) is 3.04. The van der Waals surface area contributed by atoms with Gasteiger partial charge in [0.05, 0.1) is 11.1 Å². The van der Waals surface area contributed by atoms with Gasteiger partial charge in [0.15, 0.2) is 5.65 Å². The van der Waals surface area contributed by atoms with Gasteiger partial charge in [-0.3, -0.25) is 0 Å². The van der Waals surface area contributed by atoms with Gasteiger partial charge in [0.2, 0.25) is 0 Å². The van der Waals surface area contributed by atoms with Crippen molar-refractivity contribution in [2.45, 2.75) is 13.3 Å². The normalized spacial score (nSPS) is 11.1. The zero-order chi connectivity index (χ0) is 13.4. The number of nitrogens with zero attached hydrogens (tertiary/aromatic N) is 4. The predicted molar refractivity (Wildman–Crippen MR) is 83.2 cm³/mol. The molecular weight excluding hydrogens is 353 g/mol. The summed E-state index contributed by atoms with van der Waals surface area (Å²) in [6.07, 6.45) is 2.49. The fraction of sp³-hybridized carbons (Fsp3) is 0.154. The van der Waals surface area contributed by atoms with Gasteiger partial charge in [-0.15, -0.1) is 0 Å². The fourth-order valence-corrected chi connectivity index (χ4v) is 2.72. The van der Waals surface area contributed by atoms with Crippen LogP contribution in [0.3, 0.4) is 0 Å². The van der Waals surface area contributed by atoms with Crippen LogP contribution in [0.25, 0.3) is 16.7 Å². The number of hydrogen-bond donors (Lipinski definition) is 1. The molecule has 3 rings (SSSR count). The van der Waals surface area contributed by atoms with E-state index in [0.29, 0.717) is 5.82 Å². The number of aryl methyl sites for hydroxylation is 1. The van der Waals surface area contributed by atoms with Gasteiger partial charge in [0.25, 0.3) is 0 Å². The smallest absolute Gasteiger partial charge is 0.169 e. The number of hydrogen-bond acceptors (Lipinski definition) is 4. The minimum absolute atomic E-state index is 0.464. The van der Waals surface area contributed by atoms with Gasteiger partial charge in [0.1, 0.15) is 15.8 Å². The Balaban J connectivity index is 2.22. The van der Waals surface area contributed by atoms with E-state index in [0.717, 1.165) is 26.8 Å². The lowest BCUT2D eigenvalue weighted by molar-refractivity contribution is 0.882. The van der Waals surface area contributed by atoms with E-state index in [9.17, 15) is 0 Å². The summed E-state index contributed by atoms with van der Waals surface area (Å²) in [7, 11) is 0. The first-order valence-corrected chi connectivity index (χ1v) is 7.02. The monoisotopic (exact) mass is 365 g/mol. The van der Waals surface area contributed by atoms with E-state index in [1.807, 2.05) is 12.1 Å². The molecule has 3 aromatic rings. The van der Waals surface area contributed by atoms with Gasteiger partial charge in [-0.05, 0) is 46.7 Å². The Hall–Kier alpha value is -1.70. The van der Waals surface area contributed by atoms with E-state index in [2.05, 4.69) is 56.7 Å². The van der Waals surface area contributed by atoms with Gasteiger partial charge >= 0.3 is 0 Å². The lowest BCUT2D eigenvalue weighted by Crippen LogP contribution is -1.99. The summed E-state index contributed by atoms with van der Waals surface area (Å²) in [5.74, 6) is 0.464. The Morgan fingerprint density at radius 2 is 1.95 bits per heavy atom. The number of fused-ring (bicyclic) bond motifs is 1. The van der Waals surface area contributed by atoms with Crippen molar-refractivity contribution in [2.24, 2.45) is 0 Å². The second-order valence-electron chi connectivity index (χ2n) is 4.18. The Morgan fingerprint density at radius 1 is 1.21 bits per heavy atom. The van der Waals surface area contributed by atoms with Crippen LogP contribution in [0.4, 0.5) is 5.82 Å². The molecule has 0 spiro atoms. The van der Waals surface area contributed by atoms with E-state index in [1.54, 1.807) is 4.68 Å². The molecule has 19 heavy (non-hydrogen) atoms. The molecule has 1 aromatic carbocycles. The topological polar surface area (TPSA) is 69.6 Å². The van der Waals surface area contributed by atoms with Crippen LogP contribution in [-0.4, -0.2) is 19.7 Å². The predicted octanol–water partition coefficient (Wildman–Crippen LogP) is 2.56. The Kier molecular flexibility index (Phi) is 3.09. The van der Waals surface area contributed by atoms with Crippen molar-refractivity contribution in [1.82, 2.24) is 19.7 Å². The molecule has 0 amide bonds. The van der Waals surface area contributed by atoms with Gasteiger partial charge in [-0.25, -0.2) is 14.6 Å². The van der Waals surface area contributed by atoms with Crippen LogP contribution in [0.5, 0.6) is 0 Å². The highest BCUT2D eigenvalue weighted by atomic mass is 127. The van der Waals surface area contributed by atoms with Gasteiger partial charge in [0, 0.05) is 0 Å². The zero-order valence-electron chi connectivity index (χ0n) is 10.3. The van der Waals surface area contributed by atoms with E-state index in [1.165, 1.54) is 11.9 Å². The van der Waals surface area contributed by atoms with E-state index in [-0.39, 0.29) is 0 Å². The minimum atomic E-state index is 0.464. The molecule has 0 radical (unpaired) electrons. The Bertz CT molecular complexity index is 733. The Labute approximate surface area is 124 Å². The molecule has 2 heterocycles. The first-order valence-electron chi connectivity index (χ1n) is 5.94. The maximum Gasteiger partial charge on any atom is 0.169 e. The maximum atomic E-state index is 5.88. The summed E-state index contributed by atoms with van der Waals surface area (Å²) in [5, 5.41) is 5.31. The van der Waals surface area contributed by atoms with Gasteiger partial charge in [-0.2, -0.15) is 5.10 Å². The molecule has 0 saturated heterocycles. The van der Waals surface area contributed by atoms with Gasteiger partial charge in [-0.1, -0.05) is 19.1 Å². The summed E-state index contributed by atoms with van der Waals surface area (Å²) in [6.45, 7) is 2.13. The second-order valence-corrected chi connectivity index (χ2v) is 5.20. The van der Waals surface area contributed by atoms with Crippen LogP contribution < -0.4 is 5.73 Å². The van der Waals surface area contributed by atoms with Crippen molar-refractivity contribution in [3.8, 4) is 5.69 Å². The van der Waals surface area contributed by atoms with Crippen LogP contribution in [0.15, 0.2) is 30.6 Å². The summed E-state index contributed by atoms with van der Waals surface area (Å²) in [4.78, 5) is 8.30. The lowest BCUT2D eigenvalue weighted by atomic mass is 10.1. The van der Waals surface area contributed by atoms with Crippen LogP contribution in [-0.2, 0) is 6.42 Å². The van der Waals surface area contributed by atoms with Gasteiger partial charge < -0.3 is 5.73 Å². The maximum absolute atomic E-state index is 5.88. The number of halogens is 1. The molecule has 0 aliphatic carbocycles. The molecule has 2 aromatic heterocycles. The number of anilines is 1. The molecule has 6 heteroatoms. The van der Waals surface area contributed by atoms with Crippen LogP contribution in [0, 0.1) is 3.70 Å². The lowest BCUT2D eigenvalue weighted by Gasteiger charge is -2.03. The number of rotatable bonds is 2. The molecule has 0 atom stereocenters. The highest BCUT2D eigenvalue weighted by Crippen LogP contribution is 2.25. The molecule has 2 N–H and O–H groups in total. The molecule has 0 bridgehead atoms. The summed E-state index contributed by atoms with van der Waals surface area (Å²) in [5.41, 5.74) is 8.89. The van der Waals surface area contributed by atoms with Crippen molar-refractivity contribution in [2.75, 3.05) is 5.73 Å². The minimum Gasteiger partial charge on any atom is -0.383 e. The Morgan fingerprint density at radius 3 is 2.63 bits per heavy atom. The molecule has 0 saturated carbocycles. The number of aromatic nitrogens is 4. The average molecular weight is 365 g/mol. The molecule has 0 unspecified atom stereocenters. The summed E-state index contributed by atoms with van der Waals surface area (Å²) in [6, 6.07) is 8.28. The van der Waals surface area contributed by atoms with E-state index in [4.69, 9.17) is 5.73 Å². The molecule has 0 fully saturated rings. The van der Waals surface area contributed by atoms with Crippen molar-refractivity contribution in [1.29, 1.82) is 0 Å². The highest BCUT2D eigenvalue weighted by molar-refractivity contribution is 14.1. The average Bonchev–Trinajstić information content (AvgIpc) is 2.78. The zero-order valence-corrected chi connectivity index (χ0v) is 12.5. The quantitative estimate of drug-likeness (QED) is 0.709. The number of benzene rings is 1. The van der Waals surface area contributed by atoms with Crippen molar-refractivity contribution >= 4 is 39.4 Å². The van der Waals surface area contributed by atoms with E-state index < -0.39 is 0 Å². The first-order chi connectivity index (χ1) is 9.20. The van der Waals surface area contributed by atoms with Crippen molar-refractivity contribution in [3.63, 3.8) is 0 Å². The molecule has 0 aliphatic heterocycles. The molecule has 5 nitrogen and oxygen atoms in total. The SMILES string of the molecule is CCc1ccc(-n2nc(I)c3c(N)ncnc32)cc1. The van der Waals surface area contributed by atoms with Crippen molar-refractivity contribution in [3.05, 3.63) is 39.9 Å². The van der Waals surface area contributed by atoms with Crippen LogP contribution >= 0.6 is 22.6 Å². The number of nitrogen functional groups attached to an aromatic ring is 1. The van der Waals surface area contributed by atoms with Crippen LogP contribution in [0.1, 0.15) is 12.5 Å². The standard InChI is InChI=1S/C13H12IN5/c1-2-8-3-5-9(6-4-8)19-13-10(11(14)18-19)12(15)16-7-17-13/h3-7H,2H2,1H3,(H2,15,16,17). The third kappa shape index (κ3) is 2.05. The largest absolute Gasteiger partial charge is 0.383 e. The molecular formula is C13H12IN5. The molecule has 96 valence electrons. The van der Waals surface area contributed by atoms with Crippen LogP contribution in [0.2, 0.25) is 0 Å². The summed E-state index contributed by atoms with van der Waals surface area (Å²) < 4.78 is 2.61. The third-order valence-corrected chi connectivity index (χ3v) is 3.80. The van der Waals surface area contributed by atoms with E-state index >= 15 is 0 Å².